The molecule has 0 saturated heterocycles. The molecular formula is C14H25NO2. The van der Waals surface area contributed by atoms with Crippen molar-refractivity contribution in [1.29, 1.82) is 0 Å². The summed E-state index contributed by atoms with van der Waals surface area (Å²) in [6, 6.07) is -0.404. The fourth-order valence-electron chi connectivity index (χ4n) is 3.45. The first-order valence-corrected chi connectivity index (χ1v) is 6.75. The molecule has 2 fully saturated rings. The first kappa shape index (κ1) is 12.9. The Labute approximate surface area is 104 Å². The van der Waals surface area contributed by atoms with Gasteiger partial charge in [-0.3, -0.25) is 4.79 Å². The van der Waals surface area contributed by atoms with E-state index in [1.807, 2.05) is 0 Å². The van der Waals surface area contributed by atoms with Crippen LogP contribution in [0.25, 0.3) is 0 Å². The van der Waals surface area contributed by atoms with E-state index < -0.39 is 6.04 Å². The zero-order chi connectivity index (χ0) is 12.7. The highest BCUT2D eigenvalue weighted by atomic mass is 16.5. The predicted molar refractivity (Wildman–Crippen MR) is 67.4 cm³/mol. The molecule has 0 aromatic rings. The first-order valence-electron chi connectivity index (χ1n) is 6.75. The Bertz CT molecular complexity index is 297. The highest BCUT2D eigenvalue weighted by Gasteiger charge is 2.56. The minimum Gasteiger partial charge on any atom is -0.468 e. The van der Waals surface area contributed by atoms with Gasteiger partial charge in [-0.1, -0.05) is 13.8 Å². The molecule has 2 rings (SSSR count). The van der Waals surface area contributed by atoms with Crippen molar-refractivity contribution in [2.75, 3.05) is 7.11 Å². The Morgan fingerprint density at radius 3 is 2.18 bits per heavy atom. The van der Waals surface area contributed by atoms with Gasteiger partial charge in [0, 0.05) is 0 Å². The number of rotatable bonds is 3. The van der Waals surface area contributed by atoms with Gasteiger partial charge in [-0.05, 0) is 55.3 Å². The molecule has 2 saturated carbocycles. The minimum atomic E-state index is -0.404. The van der Waals surface area contributed by atoms with E-state index in [0.29, 0.717) is 11.3 Å². The molecule has 0 amide bonds. The molecule has 2 N–H and O–H groups in total. The van der Waals surface area contributed by atoms with Gasteiger partial charge in [0.05, 0.1) is 7.11 Å². The fourth-order valence-corrected chi connectivity index (χ4v) is 3.45. The second-order valence-electron chi connectivity index (χ2n) is 6.67. The largest absolute Gasteiger partial charge is 0.468 e. The van der Waals surface area contributed by atoms with Gasteiger partial charge in [-0.15, -0.1) is 0 Å². The van der Waals surface area contributed by atoms with Crippen LogP contribution in [0.5, 0.6) is 0 Å². The fraction of sp³-hybridized carbons (Fsp3) is 0.929. The summed E-state index contributed by atoms with van der Waals surface area (Å²) in [4.78, 5) is 11.6. The molecule has 17 heavy (non-hydrogen) atoms. The summed E-state index contributed by atoms with van der Waals surface area (Å²) in [6.07, 6.45) is 7.17. The zero-order valence-corrected chi connectivity index (χ0v) is 11.3. The van der Waals surface area contributed by atoms with Crippen LogP contribution in [0.15, 0.2) is 0 Å². The van der Waals surface area contributed by atoms with E-state index in [0.717, 1.165) is 12.8 Å². The number of esters is 1. The molecule has 1 unspecified atom stereocenters. The highest BCUT2D eigenvalue weighted by molar-refractivity contribution is 5.77. The molecule has 0 spiro atoms. The number of hydrogen-bond donors (Lipinski definition) is 1. The van der Waals surface area contributed by atoms with Crippen molar-refractivity contribution in [3.63, 3.8) is 0 Å². The second kappa shape index (κ2) is 4.27. The monoisotopic (exact) mass is 239 g/mol. The number of hydrogen-bond acceptors (Lipinski definition) is 3. The van der Waals surface area contributed by atoms with Crippen LogP contribution in [0.1, 0.15) is 52.4 Å². The standard InChI is InChI=1S/C14H25NO2/c1-13(2)6-4-10(5-7-13)14(8-9-14)11(15)12(16)17-3/h10-11H,4-9,15H2,1-3H3. The molecule has 0 radical (unpaired) electrons. The van der Waals surface area contributed by atoms with E-state index in [-0.39, 0.29) is 11.4 Å². The van der Waals surface area contributed by atoms with E-state index in [4.69, 9.17) is 10.5 Å². The minimum absolute atomic E-state index is 0.0730. The lowest BCUT2D eigenvalue weighted by Crippen LogP contribution is -2.45. The smallest absolute Gasteiger partial charge is 0.323 e. The van der Waals surface area contributed by atoms with Crippen LogP contribution in [0, 0.1) is 16.7 Å². The quantitative estimate of drug-likeness (QED) is 0.770. The molecule has 0 aromatic carbocycles. The third-order valence-electron chi connectivity index (χ3n) is 5.05. The number of methoxy groups -OCH3 is 1. The molecule has 0 heterocycles. The summed E-state index contributed by atoms with van der Waals surface area (Å²) in [7, 11) is 1.43. The van der Waals surface area contributed by atoms with Gasteiger partial charge in [0.15, 0.2) is 0 Å². The van der Waals surface area contributed by atoms with Crippen LogP contribution < -0.4 is 5.73 Å². The van der Waals surface area contributed by atoms with Crippen molar-refractivity contribution >= 4 is 5.97 Å². The van der Waals surface area contributed by atoms with Crippen LogP contribution in [0.2, 0.25) is 0 Å². The van der Waals surface area contributed by atoms with Crippen molar-refractivity contribution in [3.05, 3.63) is 0 Å². The maximum absolute atomic E-state index is 11.6. The van der Waals surface area contributed by atoms with Crippen LogP contribution in [-0.2, 0) is 9.53 Å². The van der Waals surface area contributed by atoms with Gasteiger partial charge in [-0.2, -0.15) is 0 Å². The normalized spacial score (nSPS) is 28.5. The Morgan fingerprint density at radius 2 is 1.76 bits per heavy atom. The Hall–Kier alpha value is -0.570. The Kier molecular flexibility index (Phi) is 3.23. The van der Waals surface area contributed by atoms with Gasteiger partial charge in [0.1, 0.15) is 6.04 Å². The molecule has 0 bridgehead atoms. The predicted octanol–water partition coefficient (Wildman–Crippen LogP) is 2.48. The zero-order valence-electron chi connectivity index (χ0n) is 11.3. The average Bonchev–Trinajstić information content (AvgIpc) is 3.08. The third-order valence-corrected chi connectivity index (χ3v) is 5.05. The van der Waals surface area contributed by atoms with Crippen LogP contribution in [-0.4, -0.2) is 19.1 Å². The van der Waals surface area contributed by atoms with Crippen molar-refractivity contribution in [2.24, 2.45) is 22.5 Å². The number of ether oxygens (including phenoxy) is 1. The topological polar surface area (TPSA) is 52.3 Å². The lowest BCUT2D eigenvalue weighted by Gasteiger charge is -2.39. The lowest BCUT2D eigenvalue weighted by molar-refractivity contribution is -0.145. The van der Waals surface area contributed by atoms with Gasteiger partial charge in [0.25, 0.3) is 0 Å². The lowest BCUT2D eigenvalue weighted by atomic mass is 9.66. The molecule has 0 aromatic heterocycles. The van der Waals surface area contributed by atoms with Gasteiger partial charge < -0.3 is 10.5 Å². The van der Waals surface area contributed by atoms with Crippen LogP contribution >= 0.6 is 0 Å². The van der Waals surface area contributed by atoms with Gasteiger partial charge >= 0.3 is 5.97 Å². The van der Waals surface area contributed by atoms with Gasteiger partial charge in [-0.25, -0.2) is 0 Å². The summed E-state index contributed by atoms with van der Waals surface area (Å²) in [5, 5.41) is 0. The summed E-state index contributed by atoms with van der Waals surface area (Å²) < 4.78 is 4.81. The molecule has 0 aliphatic heterocycles. The van der Waals surface area contributed by atoms with Crippen molar-refractivity contribution in [2.45, 2.75) is 58.4 Å². The second-order valence-corrected chi connectivity index (χ2v) is 6.67. The molecule has 3 heteroatoms. The summed E-state index contributed by atoms with van der Waals surface area (Å²) >= 11 is 0. The maximum Gasteiger partial charge on any atom is 0.323 e. The molecule has 98 valence electrons. The number of carbonyl (C=O) groups excluding carboxylic acids is 1. The molecule has 2 aliphatic rings. The third kappa shape index (κ3) is 2.35. The first-order chi connectivity index (χ1) is 7.91. The Morgan fingerprint density at radius 1 is 1.24 bits per heavy atom. The summed E-state index contributed by atoms with van der Waals surface area (Å²) in [5.41, 5.74) is 6.64. The van der Waals surface area contributed by atoms with Crippen LogP contribution in [0.4, 0.5) is 0 Å². The molecule has 1 atom stereocenters. The maximum atomic E-state index is 11.6. The van der Waals surface area contributed by atoms with E-state index in [2.05, 4.69) is 13.8 Å². The average molecular weight is 239 g/mol. The van der Waals surface area contributed by atoms with E-state index in [1.165, 1.54) is 32.8 Å². The molecule has 2 aliphatic carbocycles. The number of nitrogens with two attached hydrogens (primary N) is 1. The molecule has 3 nitrogen and oxygen atoms in total. The van der Waals surface area contributed by atoms with E-state index >= 15 is 0 Å². The van der Waals surface area contributed by atoms with E-state index in [9.17, 15) is 4.79 Å². The van der Waals surface area contributed by atoms with Crippen molar-refractivity contribution < 1.29 is 9.53 Å². The summed E-state index contributed by atoms with van der Waals surface area (Å²) in [5.74, 6) is 0.400. The number of carbonyl (C=O) groups is 1. The highest BCUT2D eigenvalue weighted by Crippen LogP contribution is 2.59. The molecular weight excluding hydrogens is 214 g/mol. The van der Waals surface area contributed by atoms with E-state index in [1.54, 1.807) is 0 Å². The van der Waals surface area contributed by atoms with Gasteiger partial charge in [0.2, 0.25) is 0 Å². The van der Waals surface area contributed by atoms with Crippen molar-refractivity contribution in [1.82, 2.24) is 0 Å². The SMILES string of the molecule is COC(=O)C(N)C1(C2CCC(C)(C)CC2)CC1. The van der Waals surface area contributed by atoms with Crippen LogP contribution in [0.3, 0.4) is 0 Å². The Balaban J connectivity index is 2.00. The van der Waals surface area contributed by atoms with Crippen molar-refractivity contribution in [3.8, 4) is 0 Å². The summed E-state index contributed by atoms with van der Waals surface area (Å²) in [6.45, 7) is 4.67.